The maximum atomic E-state index is 12.8. The first-order valence-electron chi connectivity index (χ1n) is 11.2. The van der Waals surface area contributed by atoms with Gasteiger partial charge in [-0.15, -0.1) is 0 Å². The Balaban J connectivity index is 1.60. The Morgan fingerprint density at radius 2 is 1.27 bits per heavy atom. The summed E-state index contributed by atoms with van der Waals surface area (Å²) in [6.45, 7) is 8.54. The standard InChI is InChI=1S/C24H37N3O3/c1-23(2)15-20(16-24(3,4)27(23)30-5)26-22(29)18-13-11-17(12-14-18)21(28)25-19-9-7-6-8-10-19/h11-14,19-20H,6-10,15-16H2,1-5H3,(H,25,28)(H,26,29). The quantitative estimate of drug-likeness (QED) is 0.761. The van der Waals surface area contributed by atoms with Gasteiger partial charge in [0.25, 0.3) is 11.8 Å². The zero-order valence-corrected chi connectivity index (χ0v) is 19.1. The van der Waals surface area contributed by atoms with Crippen molar-refractivity contribution in [1.82, 2.24) is 15.7 Å². The summed E-state index contributed by atoms with van der Waals surface area (Å²) >= 11 is 0. The van der Waals surface area contributed by atoms with Gasteiger partial charge in [-0.1, -0.05) is 19.3 Å². The molecule has 0 bridgehead atoms. The number of hydrogen-bond donors (Lipinski definition) is 2. The summed E-state index contributed by atoms with van der Waals surface area (Å²) in [6.07, 6.45) is 7.34. The molecule has 166 valence electrons. The molecule has 0 radical (unpaired) electrons. The van der Waals surface area contributed by atoms with Crippen molar-refractivity contribution in [2.45, 2.75) is 95.8 Å². The molecule has 1 aromatic carbocycles. The highest BCUT2D eigenvalue weighted by Crippen LogP contribution is 2.38. The van der Waals surface area contributed by atoms with Gasteiger partial charge in [0, 0.05) is 34.3 Å². The number of hydroxylamine groups is 2. The zero-order valence-electron chi connectivity index (χ0n) is 19.1. The summed E-state index contributed by atoms with van der Waals surface area (Å²) < 4.78 is 0. The van der Waals surface area contributed by atoms with Crippen LogP contribution in [0.5, 0.6) is 0 Å². The van der Waals surface area contributed by atoms with Crippen LogP contribution in [0.25, 0.3) is 0 Å². The molecule has 3 rings (SSSR count). The first-order chi connectivity index (χ1) is 14.1. The maximum absolute atomic E-state index is 12.8. The van der Waals surface area contributed by atoms with E-state index < -0.39 is 0 Å². The van der Waals surface area contributed by atoms with Gasteiger partial charge in [-0.3, -0.25) is 9.59 Å². The molecule has 6 heteroatoms. The van der Waals surface area contributed by atoms with Crippen LogP contribution in [-0.4, -0.2) is 47.1 Å². The van der Waals surface area contributed by atoms with E-state index in [1.165, 1.54) is 19.3 Å². The van der Waals surface area contributed by atoms with E-state index in [1.807, 2.05) is 5.06 Å². The first kappa shape index (κ1) is 22.8. The molecule has 2 amide bonds. The van der Waals surface area contributed by atoms with E-state index in [-0.39, 0.29) is 35.0 Å². The summed E-state index contributed by atoms with van der Waals surface area (Å²) in [5.41, 5.74) is 0.812. The molecule has 1 heterocycles. The van der Waals surface area contributed by atoms with Gasteiger partial charge in [0.15, 0.2) is 0 Å². The topological polar surface area (TPSA) is 70.7 Å². The van der Waals surface area contributed by atoms with Crippen LogP contribution < -0.4 is 10.6 Å². The van der Waals surface area contributed by atoms with Crippen molar-refractivity contribution < 1.29 is 14.4 Å². The van der Waals surface area contributed by atoms with Crippen LogP contribution in [0.15, 0.2) is 24.3 Å². The normalized spacial score (nSPS) is 22.4. The summed E-state index contributed by atoms with van der Waals surface area (Å²) in [7, 11) is 1.70. The Kier molecular flexibility index (Phi) is 6.88. The van der Waals surface area contributed by atoms with Crippen LogP contribution >= 0.6 is 0 Å². The molecule has 1 saturated heterocycles. The monoisotopic (exact) mass is 415 g/mol. The minimum absolute atomic E-state index is 0.0516. The van der Waals surface area contributed by atoms with Crippen LogP contribution in [0.2, 0.25) is 0 Å². The number of piperidine rings is 1. The summed E-state index contributed by atoms with van der Waals surface area (Å²) in [6, 6.07) is 7.31. The molecule has 30 heavy (non-hydrogen) atoms. The van der Waals surface area contributed by atoms with Crippen molar-refractivity contribution in [1.29, 1.82) is 0 Å². The Morgan fingerprint density at radius 1 is 0.833 bits per heavy atom. The minimum Gasteiger partial charge on any atom is -0.349 e. The van der Waals surface area contributed by atoms with Crippen molar-refractivity contribution in [2.75, 3.05) is 7.11 Å². The lowest BCUT2D eigenvalue weighted by Gasteiger charge is -2.53. The van der Waals surface area contributed by atoms with E-state index in [0.29, 0.717) is 11.1 Å². The van der Waals surface area contributed by atoms with E-state index in [9.17, 15) is 9.59 Å². The number of nitrogens with one attached hydrogen (secondary N) is 2. The predicted molar refractivity (Wildman–Crippen MR) is 118 cm³/mol. The Labute approximate surface area is 180 Å². The number of nitrogens with zero attached hydrogens (tertiary/aromatic N) is 1. The van der Waals surface area contributed by atoms with Crippen molar-refractivity contribution in [3.05, 3.63) is 35.4 Å². The lowest BCUT2D eigenvalue weighted by molar-refractivity contribution is -0.267. The number of benzene rings is 1. The Morgan fingerprint density at radius 3 is 1.70 bits per heavy atom. The first-order valence-corrected chi connectivity index (χ1v) is 11.2. The molecular weight excluding hydrogens is 378 g/mol. The van der Waals surface area contributed by atoms with E-state index in [0.717, 1.165) is 25.7 Å². The number of carbonyl (C=O) groups excluding carboxylic acids is 2. The lowest BCUT2D eigenvalue weighted by atomic mass is 9.79. The highest BCUT2D eigenvalue weighted by atomic mass is 16.7. The van der Waals surface area contributed by atoms with Crippen LogP contribution in [0.3, 0.4) is 0 Å². The summed E-state index contributed by atoms with van der Waals surface area (Å²) in [5.74, 6) is -0.152. The molecule has 1 aliphatic heterocycles. The Hall–Kier alpha value is -1.92. The van der Waals surface area contributed by atoms with Gasteiger partial charge in [-0.25, -0.2) is 0 Å². The SMILES string of the molecule is CON1C(C)(C)CC(NC(=O)c2ccc(C(=O)NC3CCCCC3)cc2)CC1(C)C. The second-order valence-electron chi connectivity index (χ2n) is 10.1. The van der Waals surface area contributed by atoms with Crippen LogP contribution in [0.1, 0.15) is 93.4 Å². The lowest BCUT2D eigenvalue weighted by Crippen LogP contribution is -2.63. The summed E-state index contributed by atoms with van der Waals surface area (Å²) in [5, 5.41) is 8.34. The molecule has 6 nitrogen and oxygen atoms in total. The van der Waals surface area contributed by atoms with Crippen LogP contribution in [0.4, 0.5) is 0 Å². The summed E-state index contributed by atoms with van der Waals surface area (Å²) in [4.78, 5) is 30.9. The number of amides is 2. The van der Waals surface area contributed by atoms with E-state index in [4.69, 9.17) is 4.84 Å². The van der Waals surface area contributed by atoms with Gasteiger partial charge < -0.3 is 15.5 Å². The third-order valence-corrected chi connectivity index (χ3v) is 6.46. The maximum Gasteiger partial charge on any atom is 0.251 e. The fourth-order valence-electron chi connectivity index (χ4n) is 5.42. The molecule has 1 aliphatic carbocycles. The molecule has 1 saturated carbocycles. The van der Waals surface area contributed by atoms with Gasteiger partial charge in [0.05, 0.1) is 7.11 Å². The highest BCUT2D eigenvalue weighted by molar-refractivity contribution is 5.98. The predicted octanol–water partition coefficient (Wildman–Crippen LogP) is 4.06. The third kappa shape index (κ3) is 5.22. The van der Waals surface area contributed by atoms with Gasteiger partial charge in [0.2, 0.25) is 0 Å². The molecule has 2 aliphatic rings. The average molecular weight is 416 g/mol. The molecular formula is C24H37N3O3. The Bertz CT molecular complexity index is 733. The minimum atomic E-state index is -0.185. The van der Waals surface area contributed by atoms with E-state index >= 15 is 0 Å². The second kappa shape index (κ2) is 9.06. The van der Waals surface area contributed by atoms with Gasteiger partial charge in [0.1, 0.15) is 0 Å². The second-order valence-corrected chi connectivity index (χ2v) is 10.1. The van der Waals surface area contributed by atoms with E-state index in [1.54, 1.807) is 31.4 Å². The van der Waals surface area contributed by atoms with Gasteiger partial charge in [-0.05, 0) is 77.6 Å². The fraction of sp³-hybridized carbons (Fsp3) is 0.667. The molecule has 1 aromatic rings. The average Bonchev–Trinajstić information content (AvgIpc) is 2.67. The number of carbonyl (C=O) groups is 2. The van der Waals surface area contributed by atoms with Crippen molar-refractivity contribution in [3.63, 3.8) is 0 Å². The highest BCUT2D eigenvalue weighted by Gasteiger charge is 2.46. The number of hydrogen-bond acceptors (Lipinski definition) is 4. The van der Waals surface area contributed by atoms with Crippen LogP contribution in [0, 0.1) is 0 Å². The third-order valence-electron chi connectivity index (χ3n) is 6.46. The fourth-order valence-corrected chi connectivity index (χ4v) is 5.42. The molecule has 0 aromatic heterocycles. The molecule has 0 spiro atoms. The van der Waals surface area contributed by atoms with Gasteiger partial charge in [-0.2, -0.15) is 5.06 Å². The van der Waals surface area contributed by atoms with Crippen LogP contribution in [-0.2, 0) is 4.84 Å². The van der Waals surface area contributed by atoms with E-state index in [2.05, 4.69) is 38.3 Å². The number of rotatable bonds is 5. The van der Waals surface area contributed by atoms with Gasteiger partial charge >= 0.3 is 0 Å². The van der Waals surface area contributed by atoms with Crippen molar-refractivity contribution in [3.8, 4) is 0 Å². The molecule has 0 atom stereocenters. The van der Waals surface area contributed by atoms with Crippen molar-refractivity contribution in [2.24, 2.45) is 0 Å². The smallest absolute Gasteiger partial charge is 0.251 e. The largest absolute Gasteiger partial charge is 0.349 e. The van der Waals surface area contributed by atoms with Crippen molar-refractivity contribution >= 4 is 11.8 Å². The zero-order chi connectivity index (χ0) is 21.9. The molecule has 0 unspecified atom stereocenters. The molecule has 2 N–H and O–H groups in total. The molecule has 2 fully saturated rings.